The van der Waals surface area contributed by atoms with Crippen molar-refractivity contribution in [1.29, 1.82) is 0 Å². The first-order valence-corrected chi connectivity index (χ1v) is 16.9. The Morgan fingerprint density at radius 1 is 0.347 bits per heavy atom. The van der Waals surface area contributed by atoms with E-state index in [9.17, 15) is 0 Å². The SMILES string of the molecule is c1ccc(-c2ccc(Cc3ccccc3-c3cccc(-c4ccc5cc(-c6cccc7cnccc67)c6ccccc6c5c4)c3)cc2)cc1. The third-order valence-corrected chi connectivity index (χ3v) is 9.81. The second kappa shape index (κ2) is 12.4. The van der Waals surface area contributed by atoms with Crippen LogP contribution >= 0.6 is 0 Å². The van der Waals surface area contributed by atoms with Gasteiger partial charge in [-0.2, -0.15) is 0 Å². The van der Waals surface area contributed by atoms with E-state index in [-0.39, 0.29) is 0 Å². The van der Waals surface area contributed by atoms with E-state index in [4.69, 9.17) is 0 Å². The van der Waals surface area contributed by atoms with E-state index in [0.29, 0.717) is 0 Å². The molecule has 0 unspecified atom stereocenters. The zero-order valence-corrected chi connectivity index (χ0v) is 27.1. The lowest BCUT2D eigenvalue weighted by Crippen LogP contribution is -1.93. The summed E-state index contributed by atoms with van der Waals surface area (Å²) in [5, 5.41) is 7.41. The van der Waals surface area contributed by atoms with Crippen LogP contribution in [0.15, 0.2) is 188 Å². The molecule has 1 nitrogen and oxygen atoms in total. The van der Waals surface area contributed by atoms with Gasteiger partial charge in [0.15, 0.2) is 0 Å². The van der Waals surface area contributed by atoms with E-state index in [0.717, 1.165) is 11.8 Å². The van der Waals surface area contributed by atoms with Crippen LogP contribution < -0.4 is 0 Å². The minimum absolute atomic E-state index is 0.882. The largest absolute Gasteiger partial charge is 0.264 e. The van der Waals surface area contributed by atoms with Crippen molar-refractivity contribution in [3.05, 3.63) is 199 Å². The van der Waals surface area contributed by atoms with Crippen LogP contribution in [-0.4, -0.2) is 4.98 Å². The fraction of sp³-hybridized carbons (Fsp3) is 0.0208. The first kappa shape index (κ1) is 28.9. The number of nitrogens with zero attached hydrogens (tertiary/aromatic N) is 1. The average molecular weight is 624 g/mol. The van der Waals surface area contributed by atoms with E-state index < -0.39 is 0 Å². The molecule has 0 aliphatic heterocycles. The molecule has 0 bridgehead atoms. The number of hydrogen-bond donors (Lipinski definition) is 0. The van der Waals surface area contributed by atoms with Crippen molar-refractivity contribution in [3.8, 4) is 44.5 Å². The van der Waals surface area contributed by atoms with E-state index in [2.05, 4.69) is 181 Å². The highest BCUT2D eigenvalue weighted by Gasteiger charge is 2.13. The van der Waals surface area contributed by atoms with Crippen LogP contribution in [0.5, 0.6) is 0 Å². The Labute approximate surface area is 286 Å². The predicted octanol–water partition coefficient (Wildman–Crippen LogP) is 12.8. The van der Waals surface area contributed by atoms with Gasteiger partial charge in [-0.3, -0.25) is 4.98 Å². The Morgan fingerprint density at radius 2 is 1.02 bits per heavy atom. The molecule has 0 radical (unpaired) electrons. The lowest BCUT2D eigenvalue weighted by Gasteiger charge is -2.15. The van der Waals surface area contributed by atoms with Crippen LogP contribution in [0.3, 0.4) is 0 Å². The minimum Gasteiger partial charge on any atom is -0.264 e. The number of hydrogen-bond acceptors (Lipinski definition) is 1. The summed E-state index contributed by atoms with van der Waals surface area (Å²) in [6.45, 7) is 0. The fourth-order valence-electron chi connectivity index (χ4n) is 7.35. The molecule has 0 fully saturated rings. The molecule has 0 N–H and O–H groups in total. The molecule has 0 aliphatic carbocycles. The normalized spacial score (nSPS) is 11.3. The van der Waals surface area contributed by atoms with E-state index in [1.807, 2.05) is 12.4 Å². The summed E-state index contributed by atoms with van der Waals surface area (Å²) in [5.74, 6) is 0. The molecule has 8 aromatic carbocycles. The van der Waals surface area contributed by atoms with Crippen molar-refractivity contribution in [2.24, 2.45) is 0 Å². The summed E-state index contributed by atoms with van der Waals surface area (Å²) in [7, 11) is 0. The van der Waals surface area contributed by atoms with Gasteiger partial charge in [0.05, 0.1) is 0 Å². The van der Waals surface area contributed by atoms with Gasteiger partial charge < -0.3 is 0 Å². The predicted molar refractivity (Wildman–Crippen MR) is 208 cm³/mol. The van der Waals surface area contributed by atoms with Gasteiger partial charge in [-0.05, 0) is 113 Å². The quantitative estimate of drug-likeness (QED) is 0.168. The number of fused-ring (bicyclic) bond motifs is 4. The van der Waals surface area contributed by atoms with Gasteiger partial charge in [0.2, 0.25) is 0 Å². The maximum Gasteiger partial charge on any atom is 0.0346 e. The van der Waals surface area contributed by atoms with Gasteiger partial charge in [0.25, 0.3) is 0 Å². The molecule has 1 heterocycles. The van der Waals surface area contributed by atoms with Crippen LogP contribution in [0.25, 0.3) is 76.8 Å². The molecule has 230 valence electrons. The van der Waals surface area contributed by atoms with Gasteiger partial charge in [-0.1, -0.05) is 152 Å². The standard InChI is InChI=1S/C48H33N/c1-2-10-34(11-3-1)35-22-20-33(21-23-35)28-38-12-4-5-16-42(38)39-14-8-13-36(29-39)37-24-25-40-31-48(46-18-7-6-17-45(46)47(40)30-37)44-19-9-15-41-32-49-27-26-43(41)44/h1-27,29-32H,28H2. The molecule has 49 heavy (non-hydrogen) atoms. The molecule has 0 saturated heterocycles. The smallest absolute Gasteiger partial charge is 0.0346 e. The van der Waals surface area contributed by atoms with Crippen LogP contribution in [0.2, 0.25) is 0 Å². The van der Waals surface area contributed by atoms with Crippen LogP contribution in [0.1, 0.15) is 11.1 Å². The van der Waals surface area contributed by atoms with Crippen molar-refractivity contribution in [2.45, 2.75) is 6.42 Å². The average Bonchev–Trinajstić information content (AvgIpc) is 3.18. The van der Waals surface area contributed by atoms with Gasteiger partial charge in [0.1, 0.15) is 0 Å². The van der Waals surface area contributed by atoms with E-state index >= 15 is 0 Å². The molecule has 0 atom stereocenters. The lowest BCUT2D eigenvalue weighted by molar-refractivity contribution is 1.20. The highest BCUT2D eigenvalue weighted by Crippen LogP contribution is 2.39. The summed E-state index contributed by atoms with van der Waals surface area (Å²) >= 11 is 0. The van der Waals surface area contributed by atoms with Crippen molar-refractivity contribution in [3.63, 3.8) is 0 Å². The molecule has 0 amide bonds. The monoisotopic (exact) mass is 623 g/mol. The summed E-state index contributed by atoms with van der Waals surface area (Å²) in [5.41, 5.74) is 12.6. The summed E-state index contributed by atoms with van der Waals surface area (Å²) < 4.78 is 0. The van der Waals surface area contributed by atoms with Gasteiger partial charge in [-0.15, -0.1) is 0 Å². The van der Waals surface area contributed by atoms with Crippen LogP contribution in [-0.2, 0) is 6.42 Å². The number of aromatic nitrogens is 1. The number of benzene rings is 8. The molecule has 0 saturated carbocycles. The minimum atomic E-state index is 0.882. The first-order chi connectivity index (χ1) is 24.3. The maximum absolute atomic E-state index is 4.36. The van der Waals surface area contributed by atoms with Gasteiger partial charge in [-0.25, -0.2) is 0 Å². The van der Waals surface area contributed by atoms with Crippen molar-refractivity contribution in [2.75, 3.05) is 0 Å². The Hall–Kier alpha value is -6.31. The third kappa shape index (κ3) is 5.46. The highest BCUT2D eigenvalue weighted by molar-refractivity contribution is 6.16. The Morgan fingerprint density at radius 3 is 1.92 bits per heavy atom. The molecular formula is C48H33N. The number of rotatable bonds is 6. The first-order valence-electron chi connectivity index (χ1n) is 16.9. The van der Waals surface area contributed by atoms with E-state index in [1.54, 1.807) is 0 Å². The highest BCUT2D eigenvalue weighted by atomic mass is 14.6. The topological polar surface area (TPSA) is 12.9 Å². The molecule has 9 aromatic rings. The van der Waals surface area contributed by atoms with Crippen molar-refractivity contribution < 1.29 is 0 Å². The maximum atomic E-state index is 4.36. The van der Waals surface area contributed by atoms with E-state index in [1.165, 1.54) is 82.6 Å². The van der Waals surface area contributed by atoms with Crippen LogP contribution in [0.4, 0.5) is 0 Å². The fourth-order valence-corrected chi connectivity index (χ4v) is 7.35. The second-order valence-corrected chi connectivity index (χ2v) is 12.8. The Balaban J connectivity index is 1.08. The molecule has 0 spiro atoms. The number of pyridine rings is 1. The van der Waals surface area contributed by atoms with Crippen molar-refractivity contribution in [1.82, 2.24) is 4.98 Å². The zero-order chi connectivity index (χ0) is 32.6. The molecule has 9 rings (SSSR count). The molecular weight excluding hydrogens is 591 g/mol. The Kier molecular flexibility index (Phi) is 7.29. The van der Waals surface area contributed by atoms with Gasteiger partial charge >= 0.3 is 0 Å². The third-order valence-electron chi connectivity index (χ3n) is 9.81. The lowest BCUT2D eigenvalue weighted by atomic mass is 9.89. The molecule has 1 heteroatoms. The van der Waals surface area contributed by atoms with Gasteiger partial charge in [0, 0.05) is 17.8 Å². The summed E-state index contributed by atoms with van der Waals surface area (Å²) in [6, 6.07) is 64.1. The molecule has 0 aliphatic rings. The summed E-state index contributed by atoms with van der Waals surface area (Å²) in [4.78, 5) is 4.36. The molecule has 1 aromatic heterocycles. The van der Waals surface area contributed by atoms with Crippen LogP contribution in [0, 0.1) is 0 Å². The Bertz CT molecular complexity index is 2610. The second-order valence-electron chi connectivity index (χ2n) is 12.8. The zero-order valence-electron chi connectivity index (χ0n) is 27.1. The van der Waals surface area contributed by atoms with Crippen molar-refractivity contribution >= 4 is 32.3 Å². The summed E-state index contributed by atoms with van der Waals surface area (Å²) in [6.07, 6.45) is 4.72.